The zero-order valence-electron chi connectivity index (χ0n) is 32.3. The summed E-state index contributed by atoms with van der Waals surface area (Å²) < 4.78 is 23.9. The molecule has 0 unspecified atom stereocenters. The Labute approximate surface area is 294 Å². The van der Waals surface area contributed by atoms with Crippen molar-refractivity contribution in [2.75, 3.05) is 6.61 Å². The third-order valence-corrected chi connectivity index (χ3v) is 9.86. The number of phenolic OH excluding ortho intramolecular Hbond substituents is 1. The van der Waals surface area contributed by atoms with Gasteiger partial charge in [-0.05, 0) is 100 Å². The van der Waals surface area contributed by atoms with E-state index in [2.05, 4.69) is 136 Å². The molecule has 5 rings (SSSR count). The molecule has 49 heavy (non-hydrogen) atoms. The summed E-state index contributed by atoms with van der Waals surface area (Å²) in [6, 6.07) is 20.8. The van der Waals surface area contributed by atoms with E-state index in [0.717, 1.165) is 46.6 Å². The summed E-state index contributed by atoms with van der Waals surface area (Å²) in [6.07, 6.45) is 2.79. The quantitative estimate of drug-likeness (QED) is 0.168. The monoisotopic (exact) mass is 663 g/mol. The number of aromatic hydroxyl groups is 1. The van der Waals surface area contributed by atoms with Crippen molar-refractivity contribution in [3.63, 3.8) is 0 Å². The van der Waals surface area contributed by atoms with Crippen LogP contribution in [-0.2, 0) is 16.2 Å². The van der Waals surface area contributed by atoms with Crippen LogP contribution < -0.4 is 4.74 Å². The van der Waals surface area contributed by atoms with Gasteiger partial charge < -0.3 is 14.4 Å². The molecule has 0 aliphatic carbocycles. The summed E-state index contributed by atoms with van der Waals surface area (Å²) in [7, 11) is 0. The Kier molecular flexibility index (Phi) is 9.55. The summed E-state index contributed by atoms with van der Waals surface area (Å²) in [5, 5.41) is 14.9. The Bertz CT molecular complexity index is 1940. The molecular weight excluding hydrogens is 605 g/mol. The second kappa shape index (κ2) is 12.8. The highest BCUT2D eigenvalue weighted by atomic mass is 19.1. The molecule has 0 bridgehead atoms. The average molecular weight is 664 g/mol. The fourth-order valence-corrected chi connectivity index (χ4v) is 7.46. The second-order valence-corrected chi connectivity index (χ2v) is 18.1. The van der Waals surface area contributed by atoms with Gasteiger partial charge in [0.15, 0.2) is 0 Å². The van der Waals surface area contributed by atoms with Crippen molar-refractivity contribution in [1.82, 2.24) is 4.57 Å². The smallest absolute Gasteiger partial charge is 0.147 e. The number of benzene rings is 4. The van der Waals surface area contributed by atoms with Gasteiger partial charge in [0.2, 0.25) is 0 Å². The van der Waals surface area contributed by atoms with E-state index in [1.165, 1.54) is 23.3 Å². The largest absolute Gasteiger partial charge is 0.505 e. The van der Waals surface area contributed by atoms with E-state index in [4.69, 9.17) is 4.74 Å². The lowest BCUT2D eigenvalue weighted by Gasteiger charge is -2.34. The van der Waals surface area contributed by atoms with E-state index >= 15 is 4.39 Å². The van der Waals surface area contributed by atoms with Crippen molar-refractivity contribution in [2.24, 2.45) is 5.41 Å². The predicted octanol–water partition coefficient (Wildman–Crippen LogP) is 13.1. The first-order valence-corrected chi connectivity index (χ1v) is 18.0. The molecule has 4 aromatic carbocycles. The summed E-state index contributed by atoms with van der Waals surface area (Å²) in [6.45, 7) is 29.3. The minimum absolute atomic E-state index is 0.0572. The van der Waals surface area contributed by atoms with Crippen LogP contribution >= 0.6 is 0 Å². The fraction of sp³-hybridized carbons (Fsp3) is 0.467. The van der Waals surface area contributed by atoms with Gasteiger partial charge in [0.25, 0.3) is 0 Å². The van der Waals surface area contributed by atoms with Crippen molar-refractivity contribution < 1.29 is 14.2 Å². The third-order valence-electron chi connectivity index (χ3n) is 9.86. The summed E-state index contributed by atoms with van der Waals surface area (Å²) in [5.74, 6) is 0.382. The lowest BCUT2D eigenvalue weighted by Crippen LogP contribution is -2.25. The van der Waals surface area contributed by atoms with E-state index in [0.29, 0.717) is 34.7 Å². The van der Waals surface area contributed by atoms with Gasteiger partial charge in [-0.1, -0.05) is 114 Å². The van der Waals surface area contributed by atoms with Crippen molar-refractivity contribution in [3.05, 3.63) is 88.7 Å². The zero-order chi connectivity index (χ0) is 36.3. The molecule has 5 aromatic rings. The van der Waals surface area contributed by atoms with Gasteiger partial charge in [-0.15, -0.1) is 0 Å². The Morgan fingerprint density at radius 2 is 1.24 bits per heavy atom. The normalized spacial score (nSPS) is 13.1. The molecule has 262 valence electrons. The second-order valence-electron chi connectivity index (χ2n) is 18.1. The first-order chi connectivity index (χ1) is 22.6. The maximum atomic E-state index is 15.3. The topological polar surface area (TPSA) is 34.4 Å². The highest BCUT2D eigenvalue weighted by molar-refractivity contribution is 6.10. The van der Waals surface area contributed by atoms with E-state index < -0.39 is 0 Å². The summed E-state index contributed by atoms with van der Waals surface area (Å²) >= 11 is 0. The highest BCUT2D eigenvalue weighted by Gasteiger charge is 2.31. The van der Waals surface area contributed by atoms with Gasteiger partial charge in [0, 0.05) is 21.9 Å². The molecule has 0 amide bonds. The predicted molar refractivity (Wildman–Crippen MR) is 207 cm³/mol. The van der Waals surface area contributed by atoms with Crippen LogP contribution in [0.4, 0.5) is 4.39 Å². The van der Waals surface area contributed by atoms with Crippen LogP contribution in [0.5, 0.6) is 11.5 Å². The molecule has 0 atom stereocenters. The van der Waals surface area contributed by atoms with Gasteiger partial charge in [-0.3, -0.25) is 0 Å². The SMILES string of the molecule is CCCCOc1c(C)cc(F)cc1-c1cc(C(C)(C)CC(C)(C)C)cc(-n2c3cc(C(C)(C)C)ccc3c3ccc(C(C)(C)C)cc32)c1O. The third kappa shape index (κ3) is 7.39. The van der Waals surface area contributed by atoms with Gasteiger partial charge in [0.1, 0.15) is 17.3 Å². The summed E-state index contributed by atoms with van der Waals surface area (Å²) in [5.41, 5.74) is 7.82. The van der Waals surface area contributed by atoms with Gasteiger partial charge in [0.05, 0.1) is 23.3 Å². The Morgan fingerprint density at radius 1 is 0.694 bits per heavy atom. The molecule has 0 spiro atoms. The minimum atomic E-state index is -0.350. The van der Waals surface area contributed by atoms with E-state index in [-0.39, 0.29) is 33.2 Å². The first-order valence-electron chi connectivity index (χ1n) is 18.0. The van der Waals surface area contributed by atoms with Crippen molar-refractivity contribution in [2.45, 2.75) is 126 Å². The molecular formula is C45H58FNO2. The minimum Gasteiger partial charge on any atom is -0.505 e. The van der Waals surface area contributed by atoms with Crippen LogP contribution in [0.25, 0.3) is 38.6 Å². The van der Waals surface area contributed by atoms with Crippen LogP contribution in [0.15, 0.2) is 60.7 Å². The number of aromatic nitrogens is 1. The molecule has 4 heteroatoms. The summed E-state index contributed by atoms with van der Waals surface area (Å²) in [4.78, 5) is 0. The lowest BCUT2D eigenvalue weighted by atomic mass is 9.71. The number of nitrogens with zero attached hydrogens (tertiary/aromatic N) is 1. The molecule has 3 nitrogen and oxygen atoms in total. The van der Waals surface area contributed by atoms with Crippen LogP contribution in [0, 0.1) is 18.2 Å². The van der Waals surface area contributed by atoms with E-state index in [9.17, 15) is 5.11 Å². The zero-order valence-corrected chi connectivity index (χ0v) is 32.3. The molecule has 0 saturated heterocycles. The van der Waals surface area contributed by atoms with Crippen molar-refractivity contribution in [1.29, 1.82) is 0 Å². The van der Waals surface area contributed by atoms with Gasteiger partial charge >= 0.3 is 0 Å². The van der Waals surface area contributed by atoms with E-state index in [1.807, 2.05) is 6.92 Å². The molecule has 1 N–H and O–H groups in total. The Morgan fingerprint density at radius 3 is 1.73 bits per heavy atom. The van der Waals surface area contributed by atoms with Crippen LogP contribution in [0.2, 0.25) is 0 Å². The highest BCUT2D eigenvalue weighted by Crippen LogP contribution is 2.48. The van der Waals surface area contributed by atoms with E-state index in [1.54, 1.807) is 0 Å². The lowest BCUT2D eigenvalue weighted by molar-refractivity contribution is 0.284. The first kappa shape index (κ1) is 36.5. The maximum absolute atomic E-state index is 15.3. The number of rotatable bonds is 8. The Balaban J connectivity index is 1.96. The molecule has 1 aromatic heterocycles. The Hall–Kier alpha value is -3.79. The number of fused-ring (bicyclic) bond motifs is 3. The number of aryl methyl sites for hydroxylation is 1. The average Bonchev–Trinajstić information content (AvgIpc) is 3.29. The van der Waals surface area contributed by atoms with Gasteiger partial charge in [-0.2, -0.15) is 0 Å². The molecule has 0 aliphatic rings. The molecule has 0 saturated carbocycles. The van der Waals surface area contributed by atoms with Crippen LogP contribution in [0.1, 0.15) is 125 Å². The molecule has 0 fully saturated rings. The van der Waals surface area contributed by atoms with Crippen LogP contribution in [-0.4, -0.2) is 16.3 Å². The van der Waals surface area contributed by atoms with Crippen molar-refractivity contribution >= 4 is 21.8 Å². The molecule has 0 aliphatic heterocycles. The number of ether oxygens (including phenoxy) is 1. The molecule has 0 radical (unpaired) electrons. The number of phenols is 1. The number of halogens is 1. The molecule has 1 heterocycles. The maximum Gasteiger partial charge on any atom is 0.147 e. The van der Waals surface area contributed by atoms with Gasteiger partial charge in [-0.25, -0.2) is 4.39 Å². The van der Waals surface area contributed by atoms with Crippen molar-refractivity contribution in [3.8, 4) is 28.3 Å². The standard InChI is InChI=1S/C45H58FNO2/c1-14-15-20-49-41-28(2)21-32(46)26-36(41)35-22-31(45(12,13)27-42(3,4)5)25-39(40(35)48)47-37-23-29(43(6,7)8)16-18-33(37)34-19-17-30(24-38(34)47)44(9,10)11/h16-19,21-26,48H,14-15,20,27H2,1-13H3. The number of hydrogen-bond acceptors (Lipinski definition) is 2. The number of unbranched alkanes of at least 4 members (excludes halogenated alkanes) is 1. The van der Waals surface area contributed by atoms with Crippen LogP contribution in [0.3, 0.4) is 0 Å². The number of hydrogen-bond donors (Lipinski definition) is 1. The fourth-order valence-electron chi connectivity index (χ4n) is 7.46.